The van der Waals surface area contributed by atoms with Gasteiger partial charge in [0, 0.05) is 11.8 Å². The summed E-state index contributed by atoms with van der Waals surface area (Å²) in [4.78, 5) is 12.8. The Hall–Kier alpha value is -3.81. The Morgan fingerprint density at radius 3 is 1.57 bits per heavy atom. The Bertz CT molecular complexity index is 1340. The Morgan fingerprint density at radius 1 is 0.705 bits per heavy atom. The van der Waals surface area contributed by atoms with Crippen LogP contribution in [0.4, 0.5) is 0 Å². The lowest BCUT2D eigenvalue weighted by molar-refractivity contribution is -0.185. The van der Waals surface area contributed by atoms with Crippen LogP contribution in [0.3, 0.4) is 0 Å². The molecule has 0 bridgehead atoms. The van der Waals surface area contributed by atoms with Crippen molar-refractivity contribution in [1.29, 1.82) is 0 Å². The van der Waals surface area contributed by atoms with E-state index in [1.54, 1.807) is 27.9 Å². The molecule has 0 aliphatic heterocycles. The van der Waals surface area contributed by atoms with Crippen molar-refractivity contribution in [2.24, 2.45) is 5.41 Å². The SMILES string of the molecule is COc1ccc(CC(O)CC(OC(O)CC(=O)C(C)(C)C)C(O)C(c2ccccc2)(c2ccccc2)c2ccccc2)cc1. The van der Waals surface area contributed by atoms with Crippen LogP contribution in [0.25, 0.3) is 0 Å². The summed E-state index contributed by atoms with van der Waals surface area (Å²) in [6.07, 6.45) is -4.68. The first-order valence-corrected chi connectivity index (χ1v) is 15.1. The van der Waals surface area contributed by atoms with E-state index in [9.17, 15) is 20.1 Å². The largest absolute Gasteiger partial charge is 0.497 e. The van der Waals surface area contributed by atoms with Gasteiger partial charge in [0.05, 0.1) is 37.3 Å². The zero-order chi connectivity index (χ0) is 31.7. The molecule has 6 nitrogen and oxygen atoms in total. The summed E-state index contributed by atoms with van der Waals surface area (Å²) in [6.45, 7) is 5.37. The molecule has 0 amide bonds. The molecule has 0 aliphatic carbocycles. The number of rotatable bonds is 14. The molecular formula is C38H44O6. The van der Waals surface area contributed by atoms with Crippen molar-refractivity contribution in [3.63, 3.8) is 0 Å². The molecule has 6 heteroatoms. The first kappa shape index (κ1) is 33.1. The molecule has 4 aromatic carbocycles. The van der Waals surface area contributed by atoms with Crippen LogP contribution in [0.15, 0.2) is 115 Å². The van der Waals surface area contributed by atoms with Gasteiger partial charge < -0.3 is 24.8 Å². The van der Waals surface area contributed by atoms with E-state index in [1.807, 2.05) is 115 Å². The molecule has 0 heterocycles. The molecule has 0 aromatic heterocycles. The van der Waals surface area contributed by atoms with E-state index in [0.29, 0.717) is 12.2 Å². The normalized spacial score (nSPS) is 14.8. The van der Waals surface area contributed by atoms with Crippen LogP contribution in [0, 0.1) is 5.41 Å². The van der Waals surface area contributed by atoms with E-state index in [4.69, 9.17) is 9.47 Å². The summed E-state index contributed by atoms with van der Waals surface area (Å²) in [5.41, 5.74) is 1.54. The number of ketones is 1. The highest BCUT2D eigenvalue weighted by Gasteiger charge is 2.48. The number of Topliss-reactive ketones (excluding diaryl/α,β-unsaturated/α-hetero) is 1. The smallest absolute Gasteiger partial charge is 0.161 e. The second kappa shape index (κ2) is 14.8. The molecule has 4 aromatic rings. The maximum absolute atomic E-state index is 12.8. The van der Waals surface area contributed by atoms with Crippen LogP contribution >= 0.6 is 0 Å². The van der Waals surface area contributed by atoms with Crippen molar-refractivity contribution in [3.05, 3.63) is 138 Å². The average Bonchev–Trinajstić information content (AvgIpc) is 3.02. The maximum Gasteiger partial charge on any atom is 0.161 e. The summed E-state index contributed by atoms with van der Waals surface area (Å²) in [7, 11) is 1.60. The van der Waals surface area contributed by atoms with Crippen molar-refractivity contribution in [2.75, 3.05) is 7.11 Å². The number of benzene rings is 4. The first-order valence-electron chi connectivity index (χ1n) is 15.1. The summed E-state index contributed by atoms with van der Waals surface area (Å²) in [6, 6.07) is 36.5. The highest BCUT2D eigenvalue weighted by molar-refractivity contribution is 5.83. The van der Waals surface area contributed by atoms with Crippen molar-refractivity contribution in [2.45, 2.75) is 70.1 Å². The van der Waals surface area contributed by atoms with Gasteiger partial charge in [-0.1, -0.05) is 124 Å². The second-order valence-electron chi connectivity index (χ2n) is 12.3. The molecule has 232 valence electrons. The Morgan fingerprint density at radius 2 is 1.16 bits per heavy atom. The highest BCUT2D eigenvalue weighted by atomic mass is 16.6. The van der Waals surface area contributed by atoms with Gasteiger partial charge in [-0.25, -0.2) is 0 Å². The summed E-state index contributed by atoms with van der Waals surface area (Å²) >= 11 is 0. The minimum absolute atomic E-state index is 0.00220. The van der Waals surface area contributed by atoms with Crippen LogP contribution in [0.2, 0.25) is 0 Å². The molecule has 0 saturated heterocycles. The van der Waals surface area contributed by atoms with Gasteiger partial charge in [-0.15, -0.1) is 0 Å². The number of hydrogen-bond donors (Lipinski definition) is 3. The van der Waals surface area contributed by atoms with Crippen LogP contribution in [0.1, 0.15) is 55.9 Å². The van der Waals surface area contributed by atoms with Crippen LogP contribution in [-0.2, 0) is 21.4 Å². The molecule has 0 fully saturated rings. The van der Waals surface area contributed by atoms with E-state index >= 15 is 0 Å². The molecule has 0 saturated carbocycles. The van der Waals surface area contributed by atoms with Crippen molar-refractivity contribution < 1.29 is 29.6 Å². The standard InChI is InChI=1S/C38H44O6/c1-37(2,3)34(40)26-35(41)44-33(25-31(39)24-27-20-22-32(43-4)23-21-27)36(42)38(28-14-8-5-9-15-28,29-16-10-6-11-17-29)30-18-12-7-13-19-30/h5-23,31,33,35-36,39,41-42H,24-26H2,1-4H3. The number of aliphatic hydroxyl groups is 3. The lowest BCUT2D eigenvalue weighted by Crippen LogP contribution is -2.51. The van der Waals surface area contributed by atoms with Crippen LogP contribution < -0.4 is 4.74 Å². The Kier molecular flexibility index (Phi) is 11.1. The number of carbonyl (C=O) groups is 1. The third-order valence-electron chi connectivity index (χ3n) is 8.15. The summed E-state index contributed by atoms with van der Waals surface area (Å²) < 4.78 is 11.5. The van der Waals surface area contributed by atoms with Gasteiger partial charge in [-0.3, -0.25) is 4.79 Å². The minimum Gasteiger partial charge on any atom is -0.497 e. The molecule has 0 spiro atoms. The zero-order valence-electron chi connectivity index (χ0n) is 26.0. The summed E-state index contributed by atoms with van der Waals surface area (Å²) in [5.74, 6) is 0.544. The van der Waals surface area contributed by atoms with Gasteiger partial charge in [0.1, 0.15) is 11.5 Å². The molecule has 0 radical (unpaired) electrons. The predicted octanol–water partition coefficient (Wildman–Crippen LogP) is 6.09. The van der Waals surface area contributed by atoms with Gasteiger partial charge in [-0.05, 0) is 40.8 Å². The lowest BCUT2D eigenvalue weighted by atomic mass is 9.64. The number of aliphatic hydroxyl groups excluding tert-OH is 3. The fourth-order valence-corrected chi connectivity index (χ4v) is 5.75. The van der Waals surface area contributed by atoms with E-state index in [2.05, 4.69) is 0 Å². The molecule has 4 atom stereocenters. The number of carbonyl (C=O) groups excluding carboxylic acids is 1. The minimum atomic E-state index is -1.48. The topological polar surface area (TPSA) is 96.2 Å². The number of ether oxygens (including phenoxy) is 2. The van der Waals surface area contributed by atoms with E-state index in [1.165, 1.54) is 0 Å². The van der Waals surface area contributed by atoms with E-state index in [0.717, 1.165) is 22.3 Å². The third kappa shape index (κ3) is 7.82. The molecule has 4 rings (SSSR count). The maximum atomic E-state index is 12.8. The molecular weight excluding hydrogens is 552 g/mol. The molecule has 3 N–H and O–H groups in total. The predicted molar refractivity (Wildman–Crippen MR) is 172 cm³/mol. The van der Waals surface area contributed by atoms with Crippen molar-refractivity contribution in [1.82, 2.24) is 0 Å². The van der Waals surface area contributed by atoms with E-state index in [-0.39, 0.29) is 18.6 Å². The third-order valence-corrected chi connectivity index (χ3v) is 8.15. The fourth-order valence-electron chi connectivity index (χ4n) is 5.75. The van der Waals surface area contributed by atoms with Crippen molar-refractivity contribution in [3.8, 4) is 5.75 Å². The first-order chi connectivity index (χ1) is 21.0. The quantitative estimate of drug-likeness (QED) is 0.120. The van der Waals surface area contributed by atoms with Gasteiger partial charge in [0.25, 0.3) is 0 Å². The van der Waals surface area contributed by atoms with Gasteiger partial charge in [0.2, 0.25) is 0 Å². The fraction of sp³-hybridized carbons (Fsp3) is 0.342. The van der Waals surface area contributed by atoms with Gasteiger partial charge in [0.15, 0.2) is 6.29 Å². The Labute approximate surface area is 260 Å². The van der Waals surface area contributed by atoms with Gasteiger partial charge >= 0.3 is 0 Å². The Balaban J connectivity index is 1.80. The van der Waals surface area contributed by atoms with Crippen LogP contribution in [0.5, 0.6) is 5.75 Å². The second-order valence-corrected chi connectivity index (χ2v) is 12.3. The van der Waals surface area contributed by atoms with Crippen molar-refractivity contribution >= 4 is 5.78 Å². The monoisotopic (exact) mass is 596 g/mol. The van der Waals surface area contributed by atoms with Crippen LogP contribution in [-0.4, -0.2) is 52.8 Å². The lowest BCUT2D eigenvalue weighted by Gasteiger charge is -2.44. The number of methoxy groups -OCH3 is 1. The molecule has 4 unspecified atom stereocenters. The zero-order valence-corrected chi connectivity index (χ0v) is 26.0. The van der Waals surface area contributed by atoms with Gasteiger partial charge in [-0.2, -0.15) is 0 Å². The number of hydrogen-bond acceptors (Lipinski definition) is 6. The molecule has 0 aliphatic rings. The van der Waals surface area contributed by atoms with E-state index < -0.39 is 35.4 Å². The summed E-state index contributed by atoms with van der Waals surface area (Å²) in [5, 5.41) is 35.1. The highest BCUT2D eigenvalue weighted by Crippen LogP contribution is 2.44. The average molecular weight is 597 g/mol. The molecule has 44 heavy (non-hydrogen) atoms.